The van der Waals surface area contributed by atoms with Gasteiger partial charge in [0.2, 0.25) is 5.95 Å². The van der Waals surface area contributed by atoms with Gasteiger partial charge in [-0.05, 0) is 34.1 Å². The molecule has 0 aliphatic carbocycles. The number of aromatic nitrogens is 3. The van der Waals surface area contributed by atoms with Crippen molar-refractivity contribution in [3.8, 4) is 11.4 Å². The fourth-order valence-electron chi connectivity index (χ4n) is 1.05. The Balaban J connectivity index is 2.47. The molecule has 4 nitrogen and oxygen atoms in total. The standard InChI is InChI=1S/C8H6BrClN4/c9-5-3-4(1-2-6(5)10)7-12-8(11)14-13-7/h1-3H,(H3,11,12,13,14). The van der Waals surface area contributed by atoms with E-state index < -0.39 is 0 Å². The molecule has 72 valence electrons. The molecule has 6 heteroatoms. The monoisotopic (exact) mass is 272 g/mol. The lowest BCUT2D eigenvalue weighted by Gasteiger charge is -1.98. The van der Waals surface area contributed by atoms with Crippen molar-refractivity contribution in [2.75, 3.05) is 5.73 Å². The van der Waals surface area contributed by atoms with Gasteiger partial charge in [-0.25, -0.2) is 0 Å². The van der Waals surface area contributed by atoms with Crippen LogP contribution in [0.2, 0.25) is 5.02 Å². The Morgan fingerprint density at radius 3 is 2.79 bits per heavy atom. The number of aromatic amines is 1. The third-order valence-electron chi connectivity index (χ3n) is 1.70. The van der Waals surface area contributed by atoms with Crippen molar-refractivity contribution in [2.45, 2.75) is 0 Å². The molecule has 0 saturated carbocycles. The van der Waals surface area contributed by atoms with Crippen LogP contribution in [0.25, 0.3) is 11.4 Å². The summed E-state index contributed by atoms with van der Waals surface area (Å²) in [5.74, 6) is 0.853. The molecule has 0 unspecified atom stereocenters. The highest BCUT2D eigenvalue weighted by Gasteiger charge is 2.05. The summed E-state index contributed by atoms with van der Waals surface area (Å²) in [6, 6.07) is 5.47. The average Bonchev–Trinajstić information content (AvgIpc) is 2.57. The number of halogens is 2. The molecule has 0 aliphatic rings. The molecule has 0 fully saturated rings. The summed E-state index contributed by atoms with van der Waals surface area (Å²) in [4.78, 5) is 4.00. The number of hydrogen-bond donors (Lipinski definition) is 2. The van der Waals surface area contributed by atoms with Crippen LogP contribution in [0.4, 0.5) is 5.95 Å². The van der Waals surface area contributed by atoms with Crippen LogP contribution in [0, 0.1) is 0 Å². The van der Waals surface area contributed by atoms with E-state index in [0.29, 0.717) is 10.8 Å². The van der Waals surface area contributed by atoms with E-state index in [2.05, 4.69) is 31.1 Å². The lowest BCUT2D eigenvalue weighted by Crippen LogP contribution is -1.85. The van der Waals surface area contributed by atoms with E-state index >= 15 is 0 Å². The molecular weight excluding hydrogens is 267 g/mol. The molecule has 3 N–H and O–H groups in total. The smallest absolute Gasteiger partial charge is 0.239 e. The van der Waals surface area contributed by atoms with Gasteiger partial charge in [0.15, 0.2) is 5.82 Å². The zero-order chi connectivity index (χ0) is 10.1. The Hall–Kier alpha value is -1.07. The molecule has 0 radical (unpaired) electrons. The predicted octanol–water partition coefficient (Wildman–Crippen LogP) is 2.47. The lowest BCUT2D eigenvalue weighted by molar-refractivity contribution is 1.10. The summed E-state index contributed by atoms with van der Waals surface area (Å²) < 4.78 is 0.812. The molecule has 1 aromatic heterocycles. The number of rotatable bonds is 1. The maximum Gasteiger partial charge on any atom is 0.239 e. The van der Waals surface area contributed by atoms with Crippen molar-refractivity contribution >= 4 is 33.5 Å². The first kappa shape index (κ1) is 9.48. The predicted molar refractivity (Wildman–Crippen MR) is 58.9 cm³/mol. The molecule has 0 aliphatic heterocycles. The highest BCUT2D eigenvalue weighted by molar-refractivity contribution is 9.10. The van der Waals surface area contributed by atoms with Gasteiger partial charge in [-0.2, -0.15) is 4.98 Å². The van der Waals surface area contributed by atoms with E-state index in [1.165, 1.54) is 0 Å². The molecule has 0 saturated heterocycles. The largest absolute Gasteiger partial charge is 0.366 e. The molecule has 14 heavy (non-hydrogen) atoms. The topological polar surface area (TPSA) is 67.6 Å². The van der Waals surface area contributed by atoms with Crippen LogP contribution in [0.15, 0.2) is 22.7 Å². The van der Waals surface area contributed by atoms with Crippen molar-refractivity contribution in [2.24, 2.45) is 0 Å². The molecule has 1 aromatic carbocycles. The number of nitrogens with one attached hydrogen (secondary N) is 1. The summed E-state index contributed by atoms with van der Waals surface area (Å²) in [6.07, 6.45) is 0. The minimum absolute atomic E-state index is 0.228. The summed E-state index contributed by atoms with van der Waals surface area (Å²) in [7, 11) is 0. The Kier molecular flexibility index (Phi) is 2.43. The Bertz CT molecular complexity index is 468. The van der Waals surface area contributed by atoms with Gasteiger partial charge in [-0.1, -0.05) is 11.6 Å². The first-order valence-corrected chi connectivity index (χ1v) is 4.97. The number of nitrogen functional groups attached to an aromatic ring is 1. The Morgan fingerprint density at radius 2 is 2.21 bits per heavy atom. The molecule has 0 amide bonds. The van der Waals surface area contributed by atoms with Crippen LogP contribution in [0.3, 0.4) is 0 Å². The number of benzene rings is 1. The van der Waals surface area contributed by atoms with Gasteiger partial charge in [0.25, 0.3) is 0 Å². The number of anilines is 1. The van der Waals surface area contributed by atoms with Gasteiger partial charge >= 0.3 is 0 Å². The van der Waals surface area contributed by atoms with E-state index in [1.807, 2.05) is 12.1 Å². The Labute approximate surface area is 93.6 Å². The van der Waals surface area contributed by atoms with Crippen LogP contribution in [0.1, 0.15) is 0 Å². The molecule has 1 heterocycles. The van der Waals surface area contributed by atoms with Gasteiger partial charge in [0.1, 0.15) is 0 Å². The summed E-state index contributed by atoms with van der Waals surface area (Å²) in [6.45, 7) is 0. The molecule has 0 bridgehead atoms. The van der Waals surface area contributed by atoms with Gasteiger partial charge in [0.05, 0.1) is 5.02 Å². The third-order valence-corrected chi connectivity index (χ3v) is 2.91. The third kappa shape index (κ3) is 1.73. The minimum Gasteiger partial charge on any atom is -0.366 e. The maximum atomic E-state index is 5.86. The van der Waals surface area contributed by atoms with E-state index in [9.17, 15) is 0 Å². The van der Waals surface area contributed by atoms with E-state index in [4.69, 9.17) is 17.3 Å². The highest BCUT2D eigenvalue weighted by atomic mass is 79.9. The average molecular weight is 274 g/mol. The van der Waals surface area contributed by atoms with Crippen molar-refractivity contribution in [1.29, 1.82) is 0 Å². The van der Waals surface area contributed by atoms with Crippen LogP contribution >= 0.6 is 27.5 Å². The second kappa shape index (κ2) is 3.59. The van der Waals surface area contributed by atoms with Crippen LogP contribution in [0.5, 0.6) is 0 Å². The van der Waals surface area contributed by atoms with Gasteiger partial charge in [-0.15, -0.1) is 5.10 Å². The number of H-pyrrole nitrogens is 1. The van der Waals surface area contributed by atoms with Crippen LogP contribution < -0.4 is 5.73 Å². The zero-order valence-electron chi connectivity index (χ0n) is 6.96. The Morgan fingerprint density at radius 1 is 1.43 bits per heavy atom. The van der Waals surface area contributed by atoms with Gasteiger partial charge < -0.3 is 5.73 Å². The SMILES string of the molecule is Nc1n[nH]c(-c2ccc(Cl)c(Br)c2)n1. The van der Waals surface area contributed by atoms with Crippen molar-refractivity contribution in [3.63, 3.8) is 0 Å². The summed E-state index contributed by atoms with van der Waals surface area (Å²) in [5.41, 5.74) is 6.27. The summed E-state index contributed by atoms with van der Waals surface area (Å²) >= 11 is 9.18. The molecule has 0 spiro atoms. The normalized spacial score (nSPS) is 10.4. The van der Waals surface area contributed by atoms with Gasteiger partial charge in [0, 0.05) is 10.0 Å². The van der Waals surface area contributed by atoms with Crippen molar-refractivity contribution < 1.29 is 0 Å². The lowest BCUT2D eigenvalue weighted by atomic mass is 10.2. The number of nitrogens with zero attached hydrogens (tertiary/aromatic N) is 2. The van der Waals surface area contributed by atoms with E-state index in [1.54, 1.807) is 6.07 Å². The second-order valence-electron chi connectivity index (χ2n) is 2.67. The van der Waals surface area contributed by atoms with Crippen molar-refractivity contribution in [3.05, 3.63) is 27.7 Å². The number of hydrogen-bond acceptors (Lipinski definition) is 3. The second-order valence-corrected chi connectivity index (χ2v) is 3.93. The molecule has 0 atom stereocenters. The highest BCUT2D eigenvalue weighted by Crippen LogP contribution is 2.27. The van der Waals surface area contributed by atoms with E-state index in [0.717, 1.165) is 10.0 Å². The van der Waals surface area contributed by atoms with Crippen molar-refractivity contribution in [1.82, 2.24) is 15.2 Å². The summed E-state index contributed by atoms with van der Waals surface area (Å²) in [5, 5.41) is 7.11. The zero-order valence-corrected chi connectivity index (χ0v) is 9.30. The van der Waals surface area contributed by atoms with E-state index in [-0.39, 0.29) is 5.95 Å². The molecule has 2 rings (SSSR count). The first-order chi connectivity index (χ1) is 6.66. The van der Waals surface area contributed by atoms with Crippen LogP contribution in [-0.4, -0.2) is 15.2 Å². The maximum absolute atomic E-state index is 5.86. The number of nitrogens with two attached hydrogens (primary N) is 1. The molecule has 2 aromatic rings. The molecular formula is C8H6BrClN4. The fourth-order valence-corrected chi connectivity index (χ4v) is 1.54. The fraction of sp³-hybridized carbons (Fsp3) is 0. The first-order valence-electron chi connectivity index (χ1n) is 3.80. The van der Waals surface area contributed by atoms with Gasteiger partial charge in [-0.3, -0.25) is 5.10 Å². The quantitative estimate of drug-likeness (QED) is 0.839. The van der Waals surface area contributed by atoms with Crippen LogP contribution in [-0.2, 0) is 0 Å². The minimum atomic E-state index is 0.228.